The van der Waals surface area contributed by atoms with E-state index in [0.717, 1.165) is 30.1 Å². The number of nitrogens with zero attached hydrogens (tertiary/aromatic N) is 1. The highest BCUT2D eigenvalue weighted by molar-refractivity contribution is 5.29. The molecule has 0 unspecified atom stereocenters. The number of aromatic nitrogens is 1. The first-order valence-electron chi connectivity index (χ1n) is 6.26. The third-order valence-corrected chi connectivity index (χ3v) is 2.42. The van der Waals surface area contributed by atoms with E-state index in [-0.39, 0.29) is 5.54 Å². The van der Waals surface area contributed by atoms with Crippen molar-refractivity contribution >= 4 is 0 Å². The molecule has 0 saturated carbocycles. The van der Waals surface area contributed by atoms with E-state index in [4.69, 9.17) is 4.74 Å². The van der Waals surface area contributed by atoms with Crippen LogP contribution in [0.1, 0.15) is 39.1 Å². The molecule has 1 heterocycles. The highest BCUT2D eigenvalue weighted by atomic mass is 16.5. The number of hydrogen-bond donors (Lipinski definition) is 1. The summed E-state index contributed by atoms with van der Waals surface area (Å²) in [5.74, 6) is 0.911. The third-order valence-electron chi connectivity index (χ3n) is 2.42. The molecule has 0 aromatic carbocycles. The lowest BCUT2D eigenvalue weighted by Gasteiger charge is -2.20. The molecular formula is C14H24N2O. The zero-order chi connectivity index (χ0) is 12.9. The Labute approximate surface area is 105 Å². The summed E-state index contributed by atoms with van der Waals surface area (Å²) in [6.07, 6.45) is 0.906. The second kappa shape index (κ2) is 6.01. The van der Waals surface area contributed by atoms with Crippen LogP contribution < -0.4 is 10.1 Å². The predicted molar refractivity (Wildman–Crippen MR) is 71.6 cm³/mol. The van der Waals surface area contributed by atoms with Gasteiger partial charge in [-0.15, -0.1) is 0 Å². The number of ether oxygens (including phenoxy) is 1. The molecule has 0 saturated heterocycles. The minimum Gasteiger partial charge on any atom is -0.490 e. The molecule has 0 bridgehead atoms. The van der Waals surface area contributed by atoms with Crippen molar-refractivity contribution in [3.05, 3.63) is 23.5 Å². The smallest absolute Gasteiger partial charge is 0.140 e. The Morgan fingerprint density at radius 1 is 1.29 bits per heavy atom. The SMILES string of the molecule is CCc1nc(C)ccc1OCCNC(C)(C)C. The molecule has 0 amide bonds. The number of aryl methyl sites for hydroxylation is 2. The van der Waals surface area contributed by atoms with Crippen molar-refractivity contribution in [2.75, 3.05) is 13.2 Å². The van der Waals surface area contributed by atoms with Crippen LogP contribution in [0.3, 0.4) is 0 Å². The topological polar surface area (TPSA) is 34.1 Å². The summed E-state index contributed by atoms with van der Waals surface area (Å²) in [5.41, 5.74) is 2.23. The molecule has 0 aliphatic rings. The lowest BCUT2D eigenvalue weighted by molar-refractivity contribution is 0.287. The second-order valence-electron chi connectivity index (χ2n) is 5.28. The van der Waals surface area contributed by atoms with Crippen LogP contribution in [-0.4, -0.2) is 23.7 Å². The Kier molecular flexibility index (Phi) is 4.94. The quantitative estimate of drug-likeness (QED) is 0.798. The maximum atomic E-state index is 5.75. The molecule has 17 heavy (non-hydrogen) atoms. The zero-order valence-electron chi connectivity index (χ0n) is 11.6. The first-order chi connectivity index (χ1) is 7.92. The van der Waals surface area contributed by atoms with E-state index in [9.17, 15) is 0 Å². The standard InChI is InChI=1S/C14H24N2O/c1-6-12-13(8-7-11(2)16-12)17-10-9-15-14(3,4)5/h7-8,15H,6,9-10H2,1-5H3. The first-order valence-corrected chi connectivity index (χ1v) is 6.26. The molecule has 3 nitrogen and oxygen atoms in total. The van der Waals surface area contributed by atoms with Crippen LogP contribution >= 0.6 is 0 Å². The van der Waals surface area contributed by atoms with Crippen molar-refractivity contribution in [3.63, 3.8) is 0 Å². The molecule has 0 fully saturated rings. The molecule has 0 atom stereocenters. The van der Waals surface area contributed by atoms with Gasteiger partial charge in [-0.2, -0.15) is 0 Å². The summed E-state index contributed by atoms with van der Waals surface area (Å²) in [4.78, 5) is 4.47. The van der Waals surface area contributed by atoms with Crippen LogP contribution in [0.25, 0.3) is 0 Å². The van der Waals surface area contributed by atoms with Crippen molar-refractivity contribution in [1.29, 1.82) is 0 Å². The molecule has 1 aromatic heterocycles. The van der Waals surface area contributed by atoms with Gasteiger partial charge in [0.2, 0.25) is 0 Å². The Morgan fingerprint density at radius 3 is 2.59 bits per heavy atom. The molecule has 0 aliphatic heterocycles. The van der Waals surface area contributed by atoms with Crippen LogP contribution in [-0.2, 0) is 6.42 Å². The summed E-state index contributed by atoms with van der Waals surface area (Å²) < 4.78 is 5.75. The molecule has 0 spiro atoms. The van der Waals surface area contributed by atoms with Gasteiger partial charge in [0.15, 0.2) is 0 Å². The third kappa shape index (κ3) is 5.18. The van der Waals surface area contributed by atoms with Crippen LogP contribution in [0.4, 0.5) is 0 Å². The highest BCUT2D eigenvalue weighted by Crippen LogP contribution is 2.17. The Morgan fingerprint density at radius 2 is 2.00 bits per heavy atom. The summed E-state index contributed by atoms with van der Waals surface area (Å²) in [7, 11) is 0. The van der Waals surface area contributed by atoms with Crippen molar-refractivity contribution in [2.24, 2.45) is 0 Å². The van der Waals surface area contributed by atoms with E-state index >= 15 is 0 Å². The molecule has 3 heteroatoms. The molecule has 1 rings (SSSR count). The summed E-state index contributed by atoms with van der Waals surface area (Å²) in [6.45, 7) is 12.1. The van der Waals surface area contributed by atoms with Gasteiger partial charge < -0.3 is 10.1 Å². The van der Waals surface area contributed by atoms with Crippen LogP contribution in [0.15, 0.2) is 12.1 Å². The monoisotopic (exact) mass is 236 g/mol. The van der Waals surface area contributed by atoms with E-state index in [1.807, 2.05) is 19.1 Å². The average molecular weight is 236 g/mol. The van der Waals surface area contributed by atoms with Crippen molar-refractivity contribution in [2.45, 2.75) is 46.6 Å². The minimum absolute atomic E-state index is 0.141. The van der Waals surface area contributed by atoms with Crippen LogP contribution in [0.2, 0.25) is 0 Å². The molecule has 0 aliphatic carbocycles. The average Bonchev–Trinajstić information content (AvgIpc) is 2.24. The van der Waals surface area contributed by atoms with Crippen LogP contribution in [0, 0.1) is 6.92 Å². The van der Waals surface area contributed by atoms with E-state index in [0.29, 0.717) is 6.61 Å². The van der Waals surface area contributed by atoms with E-state index in [1.54, 1.807) is 0 Å². The lowest BCUT2D eigenvalue weighted by Crippen LogP contribution is -2.38. The summed E-state index contributed by atoms with van der Waals surface area (Å²) >= 11 is 0. The predicted octanol–water partition coefficient (Wildman–Crippen LogP) is 2.72. The minimum atomic E-state index is 0.141. The lowest BCUT2D eigenvalue weighted by atomic mass is 10.1. The molecular weight excluding hydrogens is 212 g/mol. The van der Waals surface area contributed by atoms with Gasteiger partial charge in [0.1, 0.15) is 12.4 Å². The maximum Gasteiger partial charge on any atom is 0.140 e. The van der Waals surface area contributed by atoms with Gasteiger partial charge in [0.05, 0.1) is 5.69 Å². The molecule has 1 aromatic rings. The fourth-order valence-electron chi connectivity index (χ4n) is 1.57. The fraction of sp³-hybridized carbons (Fsp3) is 0.643. The van der Waals surface area contributed by atoms with Gasteiger partial charge >= 0.3 is 0 Å². The first kappa shape index (κ1) is 14.0. The van der Waals surface area contributed by atoms with Crippen molar-refractivity contribution in [3.8, 4) is 5.75 Å². The second-order valence-corrected chi connectivity index (χ2v) is 5.28. The van der Waals surface area contributed by atoms with Crippen molar-refractivity contribution in [1.82, 2.24) is 10.3 Å². The van der Waals surface area contributed by atoms with Gasteiger partial charge in [-0.25, -0.2) is 0 Å². The van der Waals surface area contributed by atoms with Gasteiger partial charge in [0, 0.05) is 17.8 Å². The number of hydrogen-bond acceptors (Lipinski definition) is 3. The Balaban J connectivity index is 2.46. The number of rotatable bonds is 5. The van der Waals surface area contributed by atoms with Crippen molar-refractivity contribution < 1.29 is 4.74 Å². The summed E-state index contributed by atoms with van der Waals surface area (Å²) in [5, 5.41) is 3.40. The van der Waals surface area contributed by atoms with Crippen LogP contribution in [0.5, 0.6) is 5.75 Å². The zero-order valence-corrected chi connectivity index (χ0v) is 11.6. The normalized spacial score (nSPS) is 11.6. The Hall–Kier alpha value is -1.09. The van der Waals surface area contributed by atoms with Gasteiger partial charge in [0.25, 0.3) is 0 Å². The van der Waals surface area contributed by atoms with Gasteiger partial charge in [-0.05, 0) is 46.2 Å². The summed E-state index contributed by atoms with van der Waals surface area (Å²) in [6, 6.07) is 4.00. The highest BCUT2D eigenvalue weighted by Gasteiger charge is 2.08. The Bertz CT molecular complexity index is 356. The van der Waals surface area contributed by atoms with E-state index in [1.165, 1.54) is 0 Å². The number of nitrogens with one attached hydrogen (secondary N) is 1. The van der Waals surface area contributed by atoms with Gasteiger partial charge in [-0.1, -0.05) is 6.92 Å². The van der Waals surface area contributed by atoms with E-state index < -0.39 is 0 Å². The number of pyridine rings is 1. The molecule has 96 valence electrons. The molecule has 1 N–H and O–H groups in total. The molecule has 0 radical (unpaired) electrons. The van der Waals surface area contributed by atoms with E-state index in [2.05, 4.69) is 38.0 Å². The largest absolute Gasteiger partial charge is 0.490 e. The maximum absolute atomic E-state index is 5.75. The fourth-order valence-corrected chi connectivity index (χ4v) is 1.57. The van der Waals surface area contributed by atoms with Gasteiger partial charge in [-0.3, -0.25) is 4.98 Å².